The summed E-state index contributed by atoms with van der Waals surface area (Å²) in [7, 11) is 0. The van der Waals surface area contributed by atoms with Gasteiger partial charge >= 0.3 is 11.9 Å². The highest BCUT2D eigenvalue weighted by atomic mass is 127. The number of hydrogen-bond donors (Lipinski definition) is 6. The van der Waals surface area contributed by atoms with E-state index in [1.54, 1.807) is 30.3 Å². The molecule has 0 spiro atoms. The maximum Gasteiger partial charge on any atom is 0.337 e. The van der Waals surface area contributed by atoms with Gasteiger partial charge in [-0.25, -0.2) is 9.59 Å². The molecule has 0 heterocycles. The summed E-state index contributed by atoms with van der Waals surface area (Å²) in [4.78, 5) is 42.7. The van der Waals surface area contributed by atoms with Gasteiger partial charge in [-0.15, -0.1) is 0 Å². The highest BCUT2D eigenvalue weighted by Crippen LogP contribution is 2.35. The summed E-state index contributed by atoms with van der Waals surface area (Å²) in [5.74, 6) is -2.77. The van der Waals surface area contributed by atoms with Crippen molar-refractivity contribution >= 4 is 162 Å². The first-order valence-electron chi connectivity index (χ1n) is 12.8. The maximum absolute atomic E-state index is 10.8. The molecule has 4 aromatic rings. The van der Waals surface area contributed by atoms with Crippen molar-refractivity contribution in [3.05, 3.63) is 109 Å². The molecule has 0 saturated carbocycles. The van der Waals surface area contributed by atoms with Gasteiger partial charge in [0.1, 0.15) is 0 Å². The molecule has 0 saturated heterocycles. The number of amides is 2. The van der Waals surface area contributed by atoms with E-state index in [4.69, 9.17) is 114 Å². The van der Waals surface area contributed by atoms with Crippen LogP contribution in [-0.4, -0.2) is 34.0 Å². The van der Waals surface area contributed by atoms with Crippen LogP contribution in [0.15, 0.2) is 54.6 Å². The number of nitrogens with two attached hydrogens (primary N) is 2. The lowest BCUT2D eigenvalue weighted by atomic mass is 10.2. The zero-order valence-electron chi connectivity index (χ0n) is 24.8. The summed E-state index contributed by atoms with van der Waals surface area (Å²) in [5, 5.41) is 24.1. The molecule has 4 aromatic carbocycles. The van der Waals surface area contributed by atoms with E-state index >= 15 is 0 Å². The van der Waals surface area contributed by atoms with Crippen molar-refractivity contribution in [2.24, 2.45) is 0 Å². The number of carboxylic acid groups (broad SMARTS) is 2. The first-order chi connectivity index (χ1) is 22.7. The number of rotatable bonds is 4. The second-order valence-electron chi connectivity index (χ2n) is 8.96. The van der Waals surface area contributed by atoms with Crippen molar-refractivity contribution in [1.29, 1.82) is 0 Å². The van der Waals surface area contributed by atoms with E-state index in [0.717, 1.165) is 3.57 Å². The van der Waals surface area contributed by atoms with Gasteiger partial charge in [0.2, 0.25) is 11.8 Å². The van der Waals surface area contributed by atoms with Crippen molar-refractivity contribution in [2.45, 2.75) is 13.8 Å². The highest BCUT2D eigenvalue weighted by molar-refractivity contribution is 14.1. The van der Waals surface area contributed by atoms with E-state index in [1.807, 2.05) is 0 Å². The number of halogens is 9. The van der Waals surface area contributed by atoms with Crippen molar-refractivity contribution in [3.8, 4) is 0 Å². The summed E-state index contributed by atoms with van der Waals surface area (Å²) < 4.78 is 0.860. The molecule has 0 aliphatic rings. The van der Waals surface area contributed by atoms with Crippen molar-refractivity contribution in [1.82, 2.24) is 0 Å². The first kappa shape index (κ1) is 44.4. The largest absolute Gasteiger partial charge is 0.478 e. The molecule has 262 valence electrons. The first-order valence-corrected chi connectivity index (χ1v) is 16.9. The molecule has 19 heteroatoms. The zero-order chi connectivity index (χ0) is 37.7. The second-order valence-corrected chi connectivity index (χ2v) is 13.2. The Morgan fingerprint density at radius 2 is 0.959 bits per heavy atom. The number of hydrogen-bond acceptors (Lipinski definition) is 6. The van der Waals surface area contributed by atoms with Gasteiger partial charge in [-0.3, -0.25) is 9.59 Å². The second kappa shape index (κ2) is 20.9. The number of carbonyl (C=O) groups excluding carboxylic acids is 2. The van der Waals surface area contributed by atoms with Gasteiger partial charge in [-0.2, -0.15) is 0 Å². The molecule has 49 heavy (non-hydrogen) atoms. The molecule has 8 N–H and O–H groups in total. The summed E-state index contributed by atoms with van der Waals surface area (Å²) in [6.07, 6.45) is 0. The van der Waals surface area contributed by atoms with E-state index in [2.05, 4.69) is 33.2 Å². The summed E-state index contributed by atoms with van der Waals surface area (Å²) in [6, 6.07) is 14.0. The highest BCUT2D eigenvalue weighted by Gasteiger charge is 2.15. The van der Waals surface area contributed by atoms with Gasteiger partial charge in [-0.1, -0.05) is 98.9 Å². The molecule has 10 nitrogen and oxygen atoms in total. The minimum absolute atomic E-state index is 0.0202. The van der Waals surface area contributed by atoms with E-state index in [9.17, 15) is 19.2 Å². The molecule has 4 rings (SSSR count). The van der Waals surface area contributed by atoms with Crippen molar-refractivity contribution in [3.63, 3.8) is 0 Å². The Labute approximate surface area is 334 Å². The van der Waals surface area contributed by atoms with E-state index in [1.165, 1.54) is 38.1 Å². The SMILES string of the molecule is CC(=O)Nc1ccc(C(=O)O)c(Cl)c1Cl.CC(=O)Nc1ccc(I)c(Cl)c1Cl.Nc1ccc(C(=O)O)c(Cl)c1Cl.Nc1cccc(Cl)c1Cl. The van der Waals surface area contributed by atoms with E-state index in [-0.39, 0.29) is 48.7 Å². The Kier molecular flexibility index (Phi) is 19.0. The van der Waals surface area contributed by atoms with Crippen LogP contribution in [0, 0.1) is 3.57 Å². The van der Waals surface area contributed by atoms with Crippen molar-refractivity contribution < 1.29 is 29.4 Å². The fraction of sp³-hybridized carbons (Fsp3) is 0.0667. The quantitative estimate of drug-likeness (QED) is 0.0663. The Balaban J connectivity index is 0.000000331. The van der Waals surface area contributed by atoms with Gasteiger partial charge in [0.15, 0.2) is 0 Å². The molecule has 0 aromatic heterocycles. The number of carbonyl (C=O) groups is 4. The summed E-state index contributed by atoms with van der Waals surface area (Å²) in [5.41, 5.74) is 12.3. The van der Waals surface area contributed by atoms with Crippen molar-refractivity contribution in [2.75, 3.05) is 22.1 Å². The fourth-order valence-electron chi connectivity index (χ4n) is 3.06. The fourth-order valence-corrected chi connectivity index (χ4v) is 5.23. The minimum atomic E-state index is -1.17. The molecule has 0 atom stereocenters. The number of carboxylic acids is 2. The molecule has 2 amide bonds. The number of aromatic carboxylic acids is 2. The lowest BCUT2D eigenvalue weighted by Gasteiger charge is -2.07. The van der Waals surface area contributed by atoms with Gasteiger partial charge in [0.05, 0.1) is 74.1 Å². The lowest BCUT2D eigenvalue weighted by molar-refractivity contribution is -0.115. The van der Waals surface area contributed by atoms with Crippen LogP contribution in [0.5, 0.6) is 0 Å². The van der Waals surface area contributed by atoms with Crippen LogP contribution < -0.4 is 22.1 Å². The Morgan fingerprint density at radius 3 is 1.39 bits per heavy atom. The Hall–Kier alpha value is -2.59. The lowest BCUT2D eigenvalue weighted by Crippen LogP contribution is -2.07. The van der Waals surface area contributed by atoms with Gasteiger partial charge < -0.3 is 32.3 Å². The van der Waals surface area contributed by atoms with Gasteiger partial charge in [0.25, 0.3) is 0 Å². The molecule has 0 bridgehead atoms. The molecular weight excluding hydrogens is 923 g/mol. The summed E-state index contributed by atoms with van der Waals surface area (Å²) >= 11 is 47.8. The number of nitrogen functional groups attached to an aromatic ring is 2. The average molecular weight is 946 g/mol. The monoisotopic (exact) mass is 942 g/mol. The molecule has 0 aliphatic heterocycles. The smallest absolute Gasteiger partial charge is 0.337 e. The third-order valence-corrected chi connectivity index (χ3v) is 10.0. The van der Waals surface area contributed by atoms with Crippen LogP contribution in [0.1, 0.15) is 34.6 Å². The topological polar surface area (TPSA) is 185 Å². The minimum Gasteiger partial charge on any atom is -0.478 e. The van der Waals surface area contributed by atoms with Gasteiger partial charge in [0, 0.05) is 17.4 Å². The van der Waals surface area contributed by atoms with Crippen LogP contribution in [-0.2, 0) is 9.59 Å². The predicted octanol–water partition coefficient (Wildman–Crippen LogP) is 11.1. The predicted molar refractivity (Wildman–Crippen MR) is 210 cm³/mol. The number of benzene rings is 4. The van der Waals surface area contributed by atoms with Crippen LogP contribution in [0.25, 0.3) is 0 Å². The Morgan fingerprint density at radius 1 is 0.551 bits per heavy atom. The van der Waals surface area contributed by atoms with E-state index < -0.39 is 11.9 Å². The maximum atomic E-state index is 10.8. The standard InChI is InChI=1S/C9H7Cl2NO3.C8H6Cl2INO.C7H5Cl2NO2.C6H5Cl2N/c1-4(13)12-6-3-2-5(9(14)15)7(10)8(6)11;1-4(13)12-6-3-2-5(11)7(9)8(6)10;8-5-3(7(11)12)1-2-4(10)6(5)9;7-4-2-1-3-5(9)6(4)8/h2-3H,1H3,(H,12,13)(H,14,15);2-3H,1H3,(H,12,13);1-2H,10H2,(H,11,12);1-3H,9H2. The normalized spacial score (nSPS) is 9.78. The number of anilines is 4. The van der Waals surface area contributed by atoms with Crippen LogP contribution in [0.2, 0.25) is 40.2 Å². The summed E-state index contributed by atoms with van der Waals surface area (Å²) in [6.45, 7) is 2.73. The third-order valence-electron chi connectivity index (χ3n) is 5.29. The Bertz CT molecular complexity index is 1860. The number of nitrogens with one attached hydrogen (secondary N) is 2. The molecule has 0 unspecified atom stereocenters. The van der Waals surface area contributed by atoms with Crippen LogP contribution in [0.4, 0.5) is 22.7 Å². The molecular formula is C30H23Cl8IN4O6. The zero-order valence-corrected chi connectivity index (χ0v) is 33.0. The van der Waals surface area contributed by atoms with E-state index in [0.29, 0.717) is 37.2 Å². The third kappa shape index (κ3) is 13.9. The average Bonchev–Trinajstić information content (AvgIpc) is 3.01. The van der Waals surface area contributed by atoms with Crippen LogP contribution >= 0.6 is 115 Å². The van der Waals surface area contributed by atoms with Gasteiger partial charge in [-0.05, 0) is 71.1 Å². The molecule has 0 radical (unpaired) electrons. The molecule has 0 aliphatic carbocycles. The molecule has 0 fully saturated rings. The van der Waals surface area contributed by atoms with Crippen LogP contribution in [0.3, 0.4) is 0 Å².